The van der Waals surface area contributed by atoms with Gasteiger partial charge in [0.1, 0.15) is 0 Å². The first kappa shape index (κ1) is 15.4. The molecule has 0 fully saturated rings. The summed E-state index contributed by atoms with van der Waals surface area (Å²) in [5.74, 6) is 0.889. The third-order valence-electron chi connectivity index (χ3n) is 3.73. The molecule has 1 aromatic carbocycles. The van der Waals surface area contributed by atoms with Gasteiger partial charge in [-0.2, -0.15) is 0 Å². The van der Waals surface area contributed by atoms with Gasteiger partial charge in [0.25, 0.3) is 0 Å². The summed E-state index contributed by atoms with van der Waals surface area (Å²) >= 11 is 0. The topological polar surface area (TPSA) is 52.2 Å². The Morgan fingerprint density at radius 2 is 2.05 bits per heavy atom. The molecular formula is C17H26N4. The van der Waals surface area contributed by atoms with Gasteiger partial charge >= 0.3 is 0 Å². The largest absolute Gasteiger partial charge is 0.361 e. The fourth-order valence-corrected chi connectivity index (χ4v) is 2.57. The van der Waals surface area contributed by atoms with Gasteiger partial charge < -0.3 is 15.6 Å². The van der Waals surface area contributed by atoms with E-state index in [2.05, 4.69) is 58.9 Å². The smallest absolute Gasteiger partial charge is 0.190 e. The van der Waals surface area contributed by atoms with Crippen LogP contribution < -0.4 is 10.6 Å². The van der Waals surface area contributed by atoms with Crippen molar-refractivity contribution < 1.29 is 0 Å². The van der Waals surface area contributed by atoms with Crippen LogP contribution in [0.4, 0.5) is 0 Å². The van der Waals surface area contributed by atoms with Crippen LogP contribution in [0.25, 0.3) is 10.9 Å². The Kier molecular flexibility index (Phi) is 5.67. The van der Waals surface area contributed by atoms with E-state index in [9.17, 15) is 0 Å². The quantitative estimate of drug-likeness (QED) is 0.434. The number of hydrogen-bond acceptors (Lipinski definition) is 1. The lowest BCUT2D eigenvalue weighted by Crippen LogP contribution is -2.38. The van der Waals surface area contributed by atoms with Crippen molar-refractivity contribution in [3.63, 3.8) is 0 Å². The van der Waals surface area contributed by atoms with E-state index in [0.717, 1.165) is 25.5 Å². The molecule has 0 aliphatic heterocycles. The standard InChI is InChI=1S/C17H26N4/c1-4-5-10-19-17(18-3)20-11-9-14-12-21-15-8-6-7-13(2)16(14)15/h6-8,12,21H,4-5,9-11H2,1-3H3,(H2,18,19,20). The number of H-pyrrole nitrogens is 1. The molecule has 4 heteroatoms. The molecule has 0 unspecified atom stereocenters. The summed E-state index contributed by atoms with van der Waals surface area (Å²) < 4.78 is 0. The first-order chi connectivity index (χ1) is 10.3. The number of nitrogens with zero attached hydrogens (tertiary/aromatic N) is 1. The molecule has 1 heterocycles. The normalized spacial score (nSPS) is 11.9. The molecule has 0 bridgehead atoms. The van der Waals surface area contributed by atoms with Crippen LogP contribution >= 0.6 is 0 Å². The Morgan fingerprint density at radius 1 is 1.24 bits per heavy atom. The third kappa shape index (κ3) is 4.00. The maximum atomic E-state index is 4.25. The van der Waals surface area contributed by atoms with Crippen LogP contribution in [0.2, 0.25) is 0 Å². The highest BCUT2D eigenvalue weighted by molar-refractivity contribution is 5.86. The Labute approximate surface area is 127 Å². The van der Waals surface area contributed by atoms with Crippen molar-refractivity contribution in [3.8, 4) is 0 Å². The molecule has 0 radical (unpaired) electrons. The molecule has 0 atom stereocenters. The van der Waals surface area contributed by atoms with E-state index in [-0.39, 0.29) is 0 Å². The first-order valence-corrected chi connectivity index (χ1v) is 7.76. The van der Waals surface area contributed by atoms with E-state index < -0.39 is 0 Å². The molecule has 0 saturated heterocycles. The van der Waals surface area contributed by atoms with Gasteiger partial charge in [0.2, 0.25) is 0 Å². The first-order valence-electron chi connectivity index (χ1n) is 7.76. The van der Waals surface area contributed by atoms with Crippen LogP contribution in [-0.2, 0) is 6.42 Å². The highest BCUT2D eigenvalue weighted by Crippen LogP contribution is 2.22. The number of fused-ring (bicyclic) bond motifs is 1. The van der Waals surface area contributed by atoms with Gasteiger partial charge in [0.15, 0.2) is 5.96 Å². The number of aryl methyl sites for hydroxylation is 1. The molecule has 2 rings (SSSR count). The number of nitrogens with one attached hydrogen (secondary N) is 3. The number of aliphatic imine (C=N–C) groups is 1. The summed E-state index contributed by atoms with van der Waals surface area (Å²) in [5.41, 5.74) is 3.91. The fourth-order valence-electron chi connectivity index (χ4n) is 2.57. The number of guanidine groups is 1. The summed E-state index contributed by atoms with van der Waals surface area (Å²) in [7, 11) is 1.82. The van der Waals surface area contributed by atoms with Gasteiger partial charge in [-0.3, -0.25) is 4.99 Å². The second kappa shape index (κ2) is 7.72. The van der Waals surface area contributed by atoms with Crippen molar-refractivity contribution in [2.75, 3.05) is 20.1 Å². The lowest BCUT2D eigenvalue weighted by molar-refractivity contribution is 0.727. The van der Waals surface area contributed by atoms with Crippen LogP contribution in [-0.4, -0.2) is 31.1 Å². The van der Waals surface area contributed by atoms with Crippen molar-refractivity contribution in [2.24, 2.45) is 4.99 Å². The van der Waals surface area contributed by atoms with Crippen molar-refractivity contribution in [3.05, 3.63) is 35.5 Å². The number of unbranched alkanes of at least 4 members (excludes halogenated alkanes) is 1. The molecule has 2 aromatic rings. The zero-order chi connectivity index (χ0) is 15.1. The van der Waals surface area contributed by atoms with Crippen LogP contribution in [0.3, 0.4) is 0 Å². The minimum atomic E-state index is 0.882. The lowest BCUT2D eigenvalue weighted by atomic mass is 10.1. The Morgan fingerprint density at radius 3 is 2.81 bits per heavy atom. The van der Waals surface area contributed by atoms with E-state index >= 15 is 0 Å². The molecule has 0 amide bonds. The molecule has 3 N–H and O–H groups in total. The molecular weight excluding hydrogens is 260 g/mol. The molecule has 4 nitrogen and oxygen atoms in total. The number of benzene rings is 1. The number of rotatable bonds is 6. The Hall–Kier alpha value is -1.97. The number of aromatic nitrogens is 1. The summed E-state index contributed by atoms with van der Waals surface area (Å²) in [4.78, 5) is 7.59. The Balaban J connectivity index is 1.90. The lowest BCUT2D eigenvalue weighted by Gasteiger charge is -2.11. The predicted molar refractivity (Wildman–Crippen MR) is 91.0 cm³/mol. The van der Waals surface area contributed by atoms with Crippen molar-refractivity contribution in [1.29, 1.82) is 0 Å². The molecule has 1 aromatic heterocycles. The minimum absolute atomic E-state index is 0.882. The van der Waals surface area contributed by atoms with Crippen molar-refractivity contribution in [1.82, 2.24) is 15.6 Å². The zero-order valence-electron chi connectivity index (χ0n) is 13.3. The van der Waals surface area contributed by atoms with E-state index in [1.807, 2.05) is 7.05 Å². The van der Waals surface area contributed by atoms with Crippen LogP contribution in [0.1, 0.15) is 30.9 Å². The highest BCUT2D eigenvalue weighted by atomic mass is 15.2. The Bertz CT molecular complexity index is 598. The SMILES string of the molecule is CCCCNC(=NC)NCCc1c[nH]c2cccc(C)c12. The van der Waals surface area contributed by atoms with Gasteiger partial charge in [-0.15, -0.1) is 0 Å². The average molecular weight is 286 g/mol. The second-order valence-corrected chi connectivity index (χ2v) is 5.34. The van der Waals surface area contributed by atoms with E-state index in [0.29, 0.717) is 0 Å². The maximum absolute atomic E-state index is 4.25. The molecule has 21 heavy (non-hydrogen) atoms. The van der Waals surface area contributed by atoms with E-state index in [4.69, 9.17) is 0 Å². The van der Waals surface area contributed by atoms with Gasteiger partial charge in [-0.05, 0) is 37.0 Å². The summed E-state index contributed by atoms with van der Waals surface area (Å²) in [6.07, 6.45) is 5.47. The minimum Gasteiger partial charge on any atom is -0.361 e. The summed E-state index contributed by atoms with van der Waals surface area (Å²) in [6.45, 7) is 6.21. The van der Waals surface area contributed by atoms with Crippen molar-refractivity contribution >= 4 is 16.9 Å². The zero-order valence-corrected chi connectivity index (χ0v) is 13.3. The monoisotopic (exact) mass is 286 g/mol. The van der Waals surface area contributed by atoms with Gasteiger partial charge in [0.05, 0.1) is 0 Å². The predicted octanol–water partition coefficient (Wildman–Crippen LogP) is 2.98. The summed E-state index contributed by atoms with van der Waals surface area (Å²) in [5, 5.41) is 8.06. The second-order valence-electron chi connectivity index (χ2n) is 5.34. The molecule has 0 saturated carbocycles. The van der Waals surface area contributed by atoms with E-state index in [1.54, 1.807) is 0 Å². The van der Waals surface area contributed by atoms with Crippen LogP contribution in [0.15, 0.2) is 29.4 Å². The average Bonchev–Trinajstić information content (AvgIpc) is 2.90. The maximum Gasteiger partial charge on any atom is 0.190 e. The highest BCUT2D eigenvalue weighted by Gasteiger charge is 2.06. The van der Waals surface area contributed by atoms with Gasteiger partial charge in [-0.1, -0.05) is 25.5 Å². The van der Waals surface area contributed by atoms with Crippen LogP contribution in [0.5, 0.6) is 0 Å². The fraction of sp³-hybridized carbons (Fsp3) is 0.471. The number of hydrogen-bond donors (Lipinski definition) is 3. The van der Waals surface area contributed by atoms with Gasteiger partial charge in [0, 0.05) is 37.2 Å². The summed E-state index contributed by atoms with van der Waals surface area (Å²) in [6, 6.07) is 6.39. The van der Waals surface area contributed by atoms with Crippen LogP contribution in [0, 0.1) is 6.92 Å². The number of aromatic amines is 1. The molecule has 114 valence electrons. The van der Waals surface area contributed by atoms with Gasteiger partial charge in [-0.25, -0.2) is 0 Å². The molecule has 0 spiro atoms. The molecule has 0 aliphatic rings. The molecule has 0 aliphatic carbocycles. The third-order valence-corrected chi connectivity index (χ3v) is 3.73. The van der Waals surface area contributed by atoms with E-state index in [1.165, 1.54) is 34.9 Å². The van der Waals surface area contributed by atoms with Crippen molar-refractivity contribution in [2.45, 2.75) is 33.1 Å².